The number of aromatic nitrogens is 2. The van der Waals surface area contributed by atoms with Gasteiger partial charge in [0.1, 0.15) is 0 Å². The number of H-pyrrole nitrogens is 2. The SMILES string of the molecule is Cc1c/c(=C\CC(=O)O)[nH]/c1=C\c1[nH]c(-c2ccccc2)cc1CCSOOO. The lowest BCUT2D eigenvalue weighted by Gasteiger charge is -1.99. The fourth-order valence-corrected chi connectivity index (χ4v) is 3.45. The second-order valence-electron chi connectivity index (χ2n) is 6.47. The molecule has 7 nitrogen and oxygen atoms in total. The third-order valence-corrected chi connectivity index (χ3v) is 4.94. The Balaban J connectivity index is 1.96. The predicted octanol–water partition coefficient (Wildman–Crippen LogP) is 3.01. The Hall–Kier alpha value is -2.78. The summed E-state index contributed by atoms with van der Waals surface area (Å²) in [6.45, 7) is 1.98. The molecule has 0 fully saturated rings. The third kappa shape index (κ3) is 5.85. The van der Waals surface area contributed by atoms with Gasteiger partial charge in [-0.3, -0.25) is 4.79 Å². The highest BCUT2D eigenvalue weighted by Crippen LogP contribution is 2.23. The van der Waals surface area contributed by atoms with Crippen LogP contribution in [0.1, 0.15) is 23.2 Å². The molecule has 3 aromatic rings. The lowest BCUT2D eigenvalue weighted by atomic mass is 10.1. The van der Waals surface area contributed by atoms with Gasteiger partial charge >= 0.3 is 5.97 Å². The van der Waals surface area contributed by atoms with Crippen molar-refractivity contribution in [1.29, 1.82) is 0 Å². The van der Waals surface area contributed by atoms with Gasteiger partial charge < -0.3 is 15.1 Å². The first-order valence-corrected chi connectivity index (χ1v) is 9.94. The number of carbonyl (C=O) groups is 1. The highest BCUT2D eigenvalue weighted by molar-refractivity contribution is 7.94. The number of nitrogens with one attached hydrogen (secondary N) is 2. The molecule has 152 valence electrons. The highest BCUT2D eigenvalue weighted by atomic mass is 32.2. The summed E-state index contributed by atoms with van der Waals surface area (Å²) < 4.78 is 4.47. The first-order valence-electron chi connectivity index (χ1n) is 9.03. The van der Waals surface area contributed by atoms with Crippen LogP contribution in [-0.2, 0) is 20.6 Å². The van der Waals surface area contributed by atoms with E-state index in [1.54, 1.807) is 6.08 Å². The molecule has 2 aromatic heterocycles. The van der Waals surface area contributed by atoms with Crippen molar-refractivity contribution in [2.75, 3.05) is 5.75 Å². The Bertz CT molecular complexity index is 1070. The highest BCUT2D eigenvalue weighted by Gasteiger charge is 2.09. The van der Waals surface area contributed by atoms with Crippen LogP contribution in [0.5, 0.6) is 0 Å². The first kappa shape index (κ1) is 20.9. The molecule has 4 N–H and O–H groups in total. The Labute approximate surface area is 171 Å². The molecule has 0 amide bonds. The minimum absolute atomic E-state index is 0.0323. The minimum atomic E-state index is -0.867. The van der Waals surface area contributed by atoms with Gasteiger partial charge in [-0.05, 0) is 54.3 Å². The molecule has 0 saturated heterocycles. The van der Waals surface area contributed by atoms with E-state index in [9.17, 15) is 4.79 Å². The maximum atomic E-state index is 10.8. The number of carboxylic acids is 1. The summed E-state index contributed by atoms with van der Waals surface area (Å²) >= 11 is 1.02. The molecular formula is C21H22N2O5S. The Morgan fingerprint density at radius 1 is 1.21 bits per heavy atom. The van der Waals surface area contributed by atoms with E-state index >= 15 is 0 Å². The van der Waals surface area contributed by atoms with Crippen LogP contribution in [0.2, 0.25) is 0 Å². The number of aryl methyl sites for hydroxylation is 2. The quantitative estimate of drug-likeness (QED) is 0.186. The van der Waals surface area contributed by atoms with Crippen LogP contribution < -0.4 is 10.7 Å². The largest absolute Gasteiger partial charge is 0.481 e. The normalized spacial score (nSPS) is 12.6. The van der Waals surface area contributed by atoms with Gasteiger partial charge in [0.25, 0.3) is 0 Å². The molecule has 0 radical (unpaired) electrons. The van der Waals surface area contributed by atoms with Crippen LogP contribution in [0.25, 0.3) is 23.4 Å². The maximum Gasteiger partial charge on any atom is 0.307 e. The second kappa shape index (κ2) is 10.1. The molecule has 0 bridgehead atoms. The van der Waals surface area contributed by atoms with Gasteiger partial charge in [-0.15, -0.1) is 4.33 Å². The molecule has 0 spiro atoms. The number of aromatic amines is 2. The summed E-state index contributed by atoms with van der Waals surface area (Å²) in [7, 11) is 0. The van der Waals surface area contributed by atoms with Crippen molar-refractivity contribution in [3.05, 3.63) is 70.0 Å². The van der Waals surface area contributed by atoms with Crippen molar-refractivity contribution in [3.8, 4) is 11.3 Å². The van der Waals surface area contributed by atoms with Gasteiger partial charge in [0.15, 0.2) is 0 Å². The van der Waals surface area contributed by atoms with E-state index in [1.165, 1.54) is 0 Å². The number of benzene rings is 1. The van der Waals surface area contributed by atoms with Crippen LogP contribution in [-0.4, -0.2) is 32.1 Å². The molecule has 0 aliphatic heterocycles. The van der Waals surface area contributed by atoms with E-state index in [0.717, 1.165) is 50.8 Å². The molecule has 2 heterocycles. The average Bonchev–Trinajstić information content (AvgIpc) is 3.28. The number of hydrogen-bond donors (Lipinski definition) is 4. The van der Waals surface area contributed by atoms with Gasteiger partial charge in [-0.25, -0.2) is 5.26 Å². The van der Waals surface area contributed by atoms with E-state index in [2.05, 4.69) is 25.4 Å². The zero-order valence-corrected chi connectivity index (χ0v) is 16.7. The van der Waals surface area contributed by atoms with Crippen LogP contribution in [0, 0.1) is 6.92 Å². The first-order chi connectivity index (χ1) is 14.1. The molecule has 0 unspecified atom stereocenters. The molecular weight excluding hydrogens is 392 g/mol. The molecule has 29 heavy (non-hydrogen) atoms. The van der Waals surface area contributed by atoms with Gasteiger partial charge in [0.2, 0.25) is 0 Å². The Morgan fingerprint density at radius 2 is 2.00 bits per heavy atom. The standard InChI is InChI=1S/C21H22N2O5S/c1-14-11-17(7-8-21(24)25)22-18(14)13-20-16(9-10-29-28-27-26)12-19(23-20)15-5-3-2-4-6-15/h2-7,11-13,22-23,26H,8-10H2,1H3,(H,24,25)/b17-7+,18-13-. The summed E-state index contributed by atoms with van der Waals surface area (Å²) in [6.07, 6.45) is 4.33. The molecule has 0 aliphatic rings. The van der Waals surface area contributed by atoms with Gasteiger partial charge in [-0.1, -0.05) is 35.4 Å². The van der Waals surface area contributed by atoms with Gasteiger partial charge in [0.05, 0.1) is 6.42 Å². The summed E-state index contributed by atoms with van der Waals surface area (Å²) in [4.78, 5) is 17.5. The van der Waals surface area contributed by atoms with E-state index in [1.807, 2.05) is 49.4 Å². The molecule has 8 heteroatoms. The summed E-state index contributed by atoms with van der Waals surface area (Å²) in [6, 6.07) is 14.0. The number of aliphatic carboxylic acids is 1. The van der Waals surface area contributed by atoms with Crippen LogP contribution in [0.4, 0.5) is 0 Å². The number of carboxylic acid groups (broad SMARTS) is 1. The Morgan fingerprint density at radius 3 is 2.72 bits per heavy atom. The average molecular weight is 414 g/mol. The zero-order chi connectivity index (χ0) is 20.6. The Kier molecular flexibility index (Phi) is 7.31. The van der Waals surface area contributed by atoms with Crippen LogP contribution in [0.15, 0.2) is 42.5 Å². The predicted molar refractivity (Wildman–Crippen MR) is 112 cm³/mol. The van der Waals surface area contributed by atoms with Crippen molar-refractivity contribution in [1.82, 2.24) is 9.97 Å². The van der Waals surface area contributed by atoms with E-state index in [0.29, 0.717) is 12.2 Å². The fraction of sp³-hybridized carbons (Fsp3) is 0.190. The van der Waals surface area contributed by atoms with E-state index in [-0.39, 0.29) is 6.42 Å². The van der Waals surface area contributed by atoms with Crippen molar-refractivity contribution in [2.45, 2.75) is 19.8 Å². The number of rotatable bonds is 9. The molecule has 0 aliphatic carbocycles. The minimum Gasteiger partial charge on any atom is -0.481 e. The van der Waals surface area contributed by atoms with E-state index in [4.69, 9.17) is 10.4 Å². The smallest absolute Gasteiger partial charge is 0.307 e. The molecule has 1 aromatic carbocycles. The molecule has 0 atom stereocenters. The van der Waals surface area contributed by atoms with Gasteiger partial charge in [0, 0.05) is 39.9 Å². The monoisotopic (exact) mass is 414 g/mol. The topological polar surface area (TPSA) is 108 Å². The summed E-state index contributed by atoms with van der Waals surface area (Å²) in [5.74, 6) is -0.275. The third-order valence-electron chi connectivity index (χ3n) is 4.41. The van der Waals surface area contributed by atoms with Crippen molar-refractivity contribution >= 4 is 30.2 Å². The van der Waals surface area contributed by atoms with Crippen LogP contribution in [0.3, 0.4) is 0 Å². The van der Waals surface area contributed by atoms with Gasteiger partial charge in [-0.2, -0.15) is 0 Å². The maximum absolute atomic E-state index is 10.8. The number of hydrogen-bond acceptors (Lipinski definition) is 5. The van der Waals surface area contributed by atoms with Crippen molar-refractivity contribution in [3.63, 3.8) is 0 Å². The zero-order valence-electron chi connectivity index (χ0n) is 15.8. The fourth-order valence-electron chi connectivity index (χ4n) is 3.03. The van der Waals surface area contributed by atoms with Crippen molar-refractivity contribution in [2.24, 2.45) is 0 Å². The lowest BCUT2D eigenvalue weighted by molar-refractivity contribution is -0.432. The van der Waals surface area contributed by atoms with Crippen molar-refractivity contribution < 1.29 is 24.5 Å². The van der Waals surface area contributed by atoms with E-state index < -0.39 is 5.97 Å². The van der Waals surface area contributed by atoms with Crippen LogP contribution >= 0.6 is 12.0 Å². The summed E-state index contributed by atoms with van der Waals surface area (Å²) in [5, 5.41) is 22.5. The lowest BCUT2D eigenvalue weighted by Crippen LogP contribution is -2.11. The summed E-state index contributed by atoms with van der Waals surface area (Å²) in [5.41, 5.74) is 5.13. The second-order valence-corrected chi connectivity index (χ2v) is 7.25. The molecule has 0 saturated carbocycles. The molecule has 3 rings (SSSR count).